The Morgan fingerprint density at radius 1 is 1.00 bits per heavy atom. The van der Waals surface area contributed by atoms with Gasteiger partial charge in [0.15, 0.2) is 0 Å². The van der Waals surface area contributed by atoms with Crippen molar-refractivity contribution < 1.29 is 0 Å². The number of hydrogen-bond acceptors (Lipinski definition) is 1. The maximum absolute atomic E-state index is 5.38. The summed E-state index contributed by atoms with van der Waals surface area (Å²) in [7, 11) is 0. The van der Waals surface area contributed by atoms with E-state index in [0.717, 1.165) is 0 Å². The summed E-state index contributed by atoms with van der Waals surface area (Å²) in [6.07, 6.45) is 9.10. The Morgan fingerprint density at radius 3 is 2.36 bits per heavy atom. The van der Waals surface area contributed by atoms with Crippen LogP contribution in [0.3, 0.4) is 0 Å². The van der Waals surface area contributed by atoms with Crippen molar-refractivity contribution in [3.8, 4) is 11.8 Å². The molecule has 0 aromatic carbocycles. The summed E-state index contributed by atoms with van der Waals surface area (Å²) in [6.45, 7) is 4.98. The van der Waals surface area contributed by atoms with Gasteiger partial charge in [0, 0.05) is 5.92 Å². The Hall–Kier alpha value is -0.480. The van der Waals surface area contributed by atoms with E-state index in [4.69, 9.17) is 5.73 Å². The van der Waals surface area contributed by atoms with Gasteiger partial charge in [0.1, 0.15) is 0 Å². The van der Waals surface area contributed by atoms with E-state index >= 15 is 0 Å². The van der Waals surface area contributed by atoms with Crippen LogP contribution in [0.1, 0.15) is 58.8 Å². The van der Waals surface area contributed by atoms with E-state index in [1.807, 2.05) is 0 Å². The smallest absolute Gasteiger partial charge is 0.0551 e. The molecule has 0 radical (unpaired) electrons. The lowest BCUT2D eigenvalue weighted by Gasteiger charge is -2.08. The van der Waals surface area contributed by atoms with Crippen LogP contribution in [0, 0.1) is 17.8 Å². The van der Waals surface area contributed by atoms with Crippen molar-refractivity contribution in [1.82, 2.24) is 0 Å². The zero-order valence-corrected chi connectivity index (χ0v) is 9.81. The molecule has 14 heavy (non-hydrogen) atoms. The fourth-order valence-electron chi connectivity index (χ4n) is 1.66. The summed E-state index contributed by atoms with van der Waals surface area (Å²) < 4.78 is 0. The quantitative estimate of drug-likeness (QED) is 0.489. The molecule has 0 saturated heterocycles. The fraction of sp³-hybridized carbons (Fsp3) is 0.846. The van der Waals surface area contributed by atoms with E-state index < -0.39 is 0 Å². The van der Waals surface area contributed by atoms with Crippen molar-refractivity contribution in [3.63, 3.8) is 0 Å². The van der Waals surface area contributed by atoms with Crippen molar-refractivity contribution in [2.24, 2.45) is 11.7 Å². The van der Waals surface area contributed by atoms with Gasteiger partial charge in [0.25, 0.3) is 0 Å². The predicted octanol–water partition coefficient (Wildman–Crippen LogP) is 3.34. The molecule has 1 atom stereocenters. The maximum Gasteiger partial charge on any atom is 0.0551 e. The van der Waals surface area contributed by atoms with Gasteiger partial charge in [-0.15, -0.1) is 0 Å². The highest BCUT2D eigenvalue weighted by molar-refractivity contribution is 5.04. The molecule has 1 nitrogen and oxygen atoms in total. The largest absolute Gasteiger partial charge is 0.320 e. The van der Waals surface area contributed by atoms with Crippen LogP contribution in [0.15, 0.2) is 0 Å². The molecule has 0 aromatic rings. The summed E-state index contributed by atoms with van der Waals surface area (Å²) in [5.74, 6) is 6.87. The third kappa shape index (κ3) is 8.13. The van der Waals surface area contributed by atoms with Crippen LogP contribution in [0.2, 0.25) is 0 Å². The molecule has 0 fully saturated rings. The van der Waals surface area contributed by atoms with Crippen molar-refractivity contribution in [2.45, 2.75) is 58.8 Å². The molecular weight excluding hydrogens is 170 g/mol. The standard InChI is InChI=1S/C13H25N/c1-3-5-6-7-10-13(9-4-2)11-8-12-14/h13H,3-7,9-10,12,14H2,1-2H3. The van der Waals surface area contributed by atoms with Crippen molar-refractivity contribution in [1.29, 1.82) is 0 Å². The van der Waals surface area contributed by atoms with Crippen LogP contribution in [-0.2, 0) is 0 Å². The molecule has 0 bridgehead atoms. The van der Waals surface area contributed by atoms with E-state index in [1.54, 1.807) is 0 Å². The van der Waals surface area contributed by atoms with Gasteiger partial charge >= 0.3 is 0 Å². The second-order valence-electron chi connectivity index (χ2n) is 3.86. The maximum atomic E-state index is 5.38. The Labute approximate surface area is 89.5 Å². The van der Waals surface area contributed by atoms with E-state index in [2.05, 4.69) is 25.7 Å². The molecule has 2 N–H and O–H groups in total. The minimum Gasteiger partial charge on any atom is -0.320 e. The number of unbranched alkanes of at least 4 members (excludes halogenated alkanes) is 3. The summed E-state index contributed by atoms with van der Waals surface area (Å²) in [5, 5.41) is 0. The molecule has 0 aliphatic heterocycles. The van der Waals surface area contributed by atoms with Crippen molar-refractivity contribution in [3.05, 3.63) is 0 Å². The Bertz CT molecular complexity index is 164. The molecule has 0 aromatic heterocycles. The van der Waals surface area contributed by atoms with Gasteiger partial charge < -0.3 is 5.73 Å². The molecule has 82 valence electrons. The van der Waals surface area contributed by atoms with Gasteiger partial charge in [-0.2, -0.15) is 0 Å². The van der Waals surface area contributed by atoms with Crippen LogP contribution < -0.4 is 5.73 Å². The summed E-state index contributed by atoms with van der Waals surface area (Å²) in [6, 6.07) is 0. The highest BCUT2D eigenvalue weighted by Crippen LogP contribution is 2.15. The van der Waals surface area contributed by atoms with Crippen LogP contribution in [0.5, 0.6) is 0 Å². The molecule has 0 amide bonds. The Morgan fingerprint density at radius 2 is 1.79 bits per heavy atom. The molecule has 0 rings (SSSR count). The van der Waals surface area contributed by atoms with Gasteiger partial charge in [0.2, 0.25) is 0 Å². The van der Waals surface area contributed by atoms with Crippen LogP contribution >= 0.6 is 0 Å². The molecule has 1 unspecified atom stereocenters. The second kappa shape index (κ2) is 10.6. The van der Waals surface area contributed by atoms with Gasteiger partial charge in [-0.3, -0.25) is 0 Å². The van der Waals surface area contributed by atoms with Gasteiger partial charge in [-0.25, -0.2) is 0 Å². The van der Waals surface area contributed by atoms with Gasteiger partial charge in [0.05, 0.1) is 6.54 Å². The number of hydrogen-bond donors (Lipinski definition) is 1. The molecule has 0 aliphatic rings. The summed E-state index contributed by atoms with van der Waals surface area (Å²) >= 11 is 0. The lowest BCUT2D eigenvalue weighted by molar-refractivity contribution is 0.508. The highest BCUT2D eigenvalue weighted by Gasteiger charge is 2.02. The average Bonchev–Trinajstić information content (AvgIpc) is 2.20. The zero-order valence-electron chi connectivity index (χ0n) is 9.81. The molecular formula is C13H25N. The topological polar surface area (TPSA) is 26.0 Å². The number of nitrogens with two attached hydrogens (primary N) is 1. The van der Waals surface area contributed by atoms with Crippen LogP contribution in [0.25, 0.3) is 0 Å². The first-order valence-electron chi connectivity index (χ1n) is 6.03. The molecule has 1 heteroatoms. The average molecular weight is 195 g/mol. The minimum atomic E-state index is 0.509. The normalized spacial score (nSPS) is 11.9. The fourth-order valence-corrected chi connectivity index (χ4v) is 1.66. The Balaban J connectivity index is 3.61. The SMILES string of the molecule is CCCCCCC(C#CCN)CCC. The predicted molar refractivity (Wildman–Crippen MR) is 64.0 cm³/mol. The first kappa shape index (κ1) is 13.5. The van der Waals surface area contributed by atoms with Crippen molar-refractivity contribution in [2.75, 3.05) is 6.54 Å². The lowest BCUT2D eigenvalue weighted by atomic mass is 9.97. The van der Waals surface area contributed by atoms with E-state index in [0.29, 0.717) is 12.5 Å². The summed E-state index contributed by atoms with van der Waals surface area (Å²) in [5.41, 5.74) is 5.38. The molecule has 0 heterocycles. The third-order valence-electron chi connectivity index (χ3n) is 2.45. The van der Waals surface area contributed by atoms with Gasteiger partial charge in [-0.1, -0.05) is 57.8 Å². The van der Waals surface area contributed by atoms with Gasteiger partial charge in [-0.05, 0) is 12.8 Å². The molecule has 0 saturated carbocycles. The van der Waals surface area contributed by atoms with E-state index in [-0.39, 0.29) is 0 Å². The first-order chi connectivity index (χ1) is 6.85. The molecule has 0 aliphatic carbocycles. The monoisotopic (exact) mass is 195 g/mol. The summed E-state index contributed by atoms with van der Waals surface area (Å²) in [4.78, 5) is 0. The van der Waals surface area contributed by atoms with Crippen LogP contribution in [0.4, 0.5) is 0 Å². The van der Waals surface area contributed by atoms with E-state index in [9.17, 15) is 0 Å². The number of rotatable bonds is 7. The van der Waals surface area contributed by atoms with Crippen molar-refractivity contribution >= 4 is 0 Å². The Kier molecular flexibility index (Phi) is 10.2. The molecule has 0 spiro atoms. The first-order valence-corrected chi connectivity index (χ1v) is 6.03. The highest BCUT2D eigenvalue weighted by atomic mass is 14.5. The third-order valence-corrected chi connectivity index (χ3v) is 2.45. The van der Waals surface area contributed by atoms with Crippen LogP contribution in [-0.4, -0.2) is 6.54 Å². The zero-order chi connectivity index (χ0) is 10.6. The lowest BCUT2D eigenvalue weighted by Crippen LogP contribution is -1.99. The minimum absolute atomic E-state index is 0.509. The van der Waals surface area contributed by atoms with E-state index in [1.165, 1.54) is 44.9 Å². The second-order valence-corrected chi connectivity index (χ2v) is 3.86.